The number of nitrogens with one attached hydrogen (secondary N) is 1. The second-order valence-electron chi connectivity index (χ2n) is 3.54. The van der Waals surface area contributed by atoms with Gasteiger partial charge in [0.25, 0.3) is 0 Å². The average Bonchev–Trinajstić information content (AvgIpc) is 2.18. The first-order valence-electron chi connectivity index (χ1n) is 4.78. The van der Waals surface area contributed by atoms with E-state index >= 15 is 0 Å². The molecule has 0 aromatic heterocycles. The number of aliphatic carboxylic acids is 1. The average molecular weight is 273 g/mol. The maximum atomic E-state index is 11.4. The molecule has 0 aliphatic heterocycles. The van der Waals surface area contributed by atoms with Crippen LogP contribution in [0.25, 0.3) is 0 Å². The minimum atomic E-state index is -4.04. The predicted octanol–water partition coefficient (Wildman–Crippen LogP) is 0.520. The summed E-state index contributed by atoms with van der Waals surface area (Å²) in [6.45, 7) is 1.43. The summed E-state index contributed by atoms with van der Waals surface area (Å²) in [5.41, 5.74) is 0.223. The first-order chi connectivity index (χ1) is 8.23. The molecule has 0 saturated heterocycles. The topological polar surface area (TPSA) is 121 Å². The highest BCUT2D eigenvalue weighted by Crippen LogP contribution is 2.20. The van der Waals surface area contributed by atoms with Gasteiger partial charge in [-0.25, -0.2) is 13.2 Å². The molecule has 1 aromatic rings. The van der Waals surface area contributed by atoms with Gasteiger partial charge in [0.1, 0.15) is 0 Å². The van der Waals surface area contributed by atoms with Crippen LogP contribution in [-0.4, -0.2) is 36.3 Å². The van der Waals surface area contributed by atoms with Crippen LogP contribution < -0.4 is 4.72 Å². The molecule has 3 N–H and O–H groups in total. The Labute approximate surface area is 103 Å². The highest BCUT2D eigenvalue weighted by atomic mass is 32.2. The van der Waals surface area contributed by atoms with Gasteiger partial charge in [-0.05, 0) is 24.6 Å². The van der Waals surface area contributed by atoms with Gasteiger partial charge < -0.3 is 10.2 Å². The molecule has 0 aliphatic carbocycles. The minimum absolute atomic E-state index is 0.0504. The van der Waals surface area contributed by atoms with Crippen LogP contribution in [0.2, 0.25) is 0 Å². The van der Waals surface area contributed by atoms with Crippen molar-refractivity contribution in [2.24, 2.45) is 0 Å². The highest BCUT2D eigenvalue weighted by molar-refractivity contribution is 7.93. The maximum absolute atomic E-state index is 11.4. The van der Waals surface area contributed by atoms with Crippen molar-refractivity contribution in [3.05, 3.63) is 29.3 Å². The lowest BCUT2D eigenvalue weighted by Crippen LogP contribution is -2.23. The van der Waals surface area contributed by atoms with E-state index in [1.807, 2.05) is 4.72 Å². The van der Waals surface area contributed by atoms with Crippen LogP contribution in [0.5, 0.6) is 0 Å². The molecule has 98 valence electrons. The van der Waals surface area contributed by atoms with Gasteiger partial charge in [-0.3, -0.25) is 9.52 Å². The Kier molecular flexibility index (Phi) is 3.92. The maximum Gasteiger partial charge on any atom is 0.336 e. The van der Waals surface area contributed by atoms with Crippen molar-refractivity contribution >= 4 is 27.6 Å². The molecule has 0 amide bonds. The minimum Gasteiger partial charge on any atom is -0.480 e. The fourth-order valence-corrected chi connectivity index (χ4v) is 2.30. The number of aromatic carboxylic acids is 1. The van der Waals surface area contributed by atoms with Gasteiger partial charge in [-0.2, -0.15) is 0 Å². The lowest BCUT2D eigenvalue weighted by molar-refractivity contribution is -0.134. The predicted molar refractivity (Wildman–Crippen MR) is 63.2 cm³/mol. The molecule has 0 fully saturated rings. The Morgan fingerprint density at radius 3 is 2.39 bits per heavy atom. The number of anilines is 1. The quantitative estimate of drug-likeness (QED) is 0.719. The molecule has 7 nitrogen and oxygen atoms in total. The van der Waals surface area contributed by atoms with Crippen molar-refractivity contribution in [3.8, 4) is 0 Å². The standard InChI is InChI=1S/C10H11NO6S/c1-6-7(10(14)15)3-2-4-8(6)11-18(16,17)5-9(12)13/h2-4,11H,5H2,1H3,(H,12,13)(H,14,15). The van der Waals surface area contributed by atoms with Crippen molar-refractivity contribution in [3.63, 3.8) is 0 Å². The zero-order chi connectivity index (χ0) is 13.9. The van der Waals surface area contributed by atoms with E-state index in [1.54, 1.807) is 0 Å². The van der Waals surface area contributed by atoms with Gasteiger partial charge in [-0.1, -0.05) is 6.07 Å². The molecule has 8 heteroatoms. The molecule has 1 rings (SSSR count). The second kappa shape index (κ2) is 5.05. The molecule has 0 unspecified atom stereocenters. The largest absolute Gasteiger partial charge is 0.480 e. The van der Waals surface area contributed by atoms with Crippen LogP contribution in [0.15, 0.2) is 18.2 Å². The third-order valence-corrected chi connectivity index (χ3v) is 3.30. The van der Waals surface area contributed by atoms with E-state index in [9.17, 15) is 18.0 Å². The van der Waals surface area contributed by atoms with E-state index in [4.69, 9.17) is 10.2 Å². The van der Waals surface area contributed by atoms with Crippen LogP contribution in [0.3, 0.4) is 0 Å². The molecule has 1 aromatic carbocycles. The van der Waals surface area contributed by atoms with Gasteiger partial charge in [0.2, 0.25) is 10.0 Å². The van der Waals surface area contributed by atoms with E-state index in [1.165, 1.54) is 25.1 Å². The van der Waals surface area contributed by atoms with Crippen LogP contribution in [0.1, 0.15) is 15.9 Å². The lowest BCUT2D eigenvalue weighted by Gasteiger charge is -2.10. The number of rotatable bonds is 5. The summed E-state index contributed by atoms with van der Waals surface area (Å²) in [4.78, 5) is 21.2. The van der Waals surface area contributed by atoms with Gasteiger partial charge in [0.15, 0.2) is 5.75 Å². The number of carboxylic acid groups (broad SMARTS) is 2. The molecule has 0 bridgehead atoms. The van der Waals surface area contributed by atoms with E-state index in [-0.39, 0.29) is 16.8 Å². The summed E-state index contributed by atoms with van der Waals surface area (Å²) in [5.74, 6) is -3.76. The van der Waals surface area contributed by atoms with Crippen molar-refractivity contribution in [2.45, 2.75) is 6.92 Å². The molecule has 0 saturated carbocycles. The zero-order valence-corrected chi connectivity index (χ0v) is 10.2. The van der Waals surface area contributed by atoms with E-state index in [0.29, 0.717) is 0 Å². The van der Waals surface area contributed by atoms with Crippen LogP contribution in [-0.2, 0) is 14.8 Å². The Hall–Kier alpha value is -2.09. The summed E-state index contributed by atoms with van der Waals surface area (Å²) >= 11 is 0. The number of carbonyl (C=O) groups is 2. The number of hydrogen-bond acceptors (Lipinski definition) is 4. The van der Waals surface area contributed by atoms with Gasteiger partial charge in [0.05, 0.1) is 11.3 Å². The fourth-order valence-electron chi connectivity index (χ4n) is 1.34. The Morgan fingerprint density at radius 1 is 1.28 bits per heavy atom. The number of carboxylic acids is 2. The Morgan fingerprint density at radius 2 is 1.89 bits per heavy atom. The normalized spacial score (nSPS) is 10.9. The van der Waals surface area contributed by atoms with Crippen LogP contribution in [0, 0.1) is 6.92 Å². The van der Waals surface area contributed by atoms with Crippen molar-refractivity contribution in [1.82, 2.24) is 0 Å². The Bertz CT molecular complexity index is 592. The Balaban J connectivity index is 3.10. The molecule has 0 spiro atoms. The fraction of sp³-hybridized carbons (Fsp3) is 0.200. The summed E-state index contributed by atoms with van der Waals surface area (Å²) in [5, 5.41) is 17.3. The molecule has 0 radical (unpaired) electrons. The summed E-state index contributed by atoms with van der Waals surface area (Å²) in [7, 11) is -4.04. The van der Waals surface area contributed by atoms with Crippen LogP contribution in [0.4, 0.5) is 5.69 Å². The molecule has 18 heavy (non-hydrogen) atoms. The molecular formula is C10H11NO6S. The molecule has 0 atom stereocenters. The summed E-state index contributed by atoms with van der Waals surface area (Å²) in [6, 6.07) is 4.06. The second-order valence-corrected chi connectivity index (χ2v) is 5.26. The SMILES string of the molecule is Cc1c(NS(=O)(=O)CC(=O)O)cccc1C(=O)O. The smallest absolute Gasteiger partial charge is 0.336 e. The molecule has 0 aliphatic rings. The van der Waals surface area contributed by atoms with E-state index < -0.39 is 27.7 Å². The van der Waals surface area contributed by atoms with Gasteiger partial charge in [-0.15, -0.1) is 0 Å². The molecule has 0 heterocycles. The summed E-state index contributed by atoms with van der Waals surface area (Å²) < 4.78 is 24.8. The van der Waals surface area contributed by atoms with Crippen molar-refractivity contribution in [2.75, 3.05) is 10.5 Å². The van der Waals surface area contributed by atoms with Gasteiger partial charge in [0, 0.05) is 0 Å². The third kappa shape index (κ3) is 3.45. The van der Waals surface area contributed by atoms with Crippen LogP contribution >= 0.6 is 0 Å². The first-order valence-corrected chi connectivity index (χ1v) is 6.43. The van der Waals surface area contributed by atoms with Crippen molar-refractivity contribution in [1.29, 1.82) is 0 Å². The zero-order valence-electron chi connectivity index (χ0n) is 9.37. The monoisotopic (exact) mass is 273 g/mol. The number of sulfonamides is 1. The number of benzene rings is 1. The number of hydrogen-bond donors (Lipinski definition) is 3. The van der Waals surface area contributed by atoms with Gasteiger partial charge >= 0.3 is 11.9 Å². The molecular weight excluding hydrogens is 262 g/mol. The third-order valence-electron chi connectivity index (χ3n) is 2.14. The van der Waals surface area contributed by atoms with E-state index in [2.05, 4.69) is 0 Å². The summed E-state index contributed by atoms with van der Waals surface area (Å²) in [6.07, 6.45) is 0. The van der Waals surface area contributed by atoms with E-state index in [0.717, 1.165) is 0 Å². The van der Waals surface area contributed by atoms with Crippen molar-refractivity contribution < 1.29 is 28.2 Å². The highest BCUT2D eigenvalue weighted by Gasteiger charge is 2.18. The lowest BCUT2D eigenvalue weighted by atomic mass is 10.1. The first kappa shape index (κ1) is 14.0.